The van der Waals surface area contributed by atoms with Crippen molar-refractivity contribution in [1.29, 1.82) is 0 Å². The molecule has 6 nitrogen and oxygen atoms in total. The maximum Gasteiger partial charge on any atom is 0.421 e. The fourth-order valence-electron chi connectivity index (χ4n) is 3.17. The van der Waals surface area contributed by atoms with E-state index in [0.717, 1.165) is 18.2 Å². The van der Waals surface area contributed by atoms with Gasteiger partial charge in [0.05, 0.1) is 11.4 Å². The number of hydrogen-bond acceptors (Lipinski definition) is 5. The summed E-state index contributed by atoms with van der Waals surface area (Å²) in [6.07, 6.45) is -2.37. The van der Waals surface area contributed by atoms with Crippen LogP contribution in [0.5, 0.6) is 0 Å². The van der Waals surface area contributed by atoms with Crippen molar-refractivity contribution < 1.29 is 26.7 Å². The third-order valence-corrected chi connectivity index (χ3v) is 4.76. The molecule has 0 saturated heterocycles. The molecule has 0 radical (unpaired) electrons. The highest BCUT2D eigenvalue weighted by Crippen LogP contribution is 2.37. The number of rotatable bonds is 6. The van der Waals surface area contributed by atoms with Gasteiger partial charge in [-0.05, 0) is 50.0 Å². The van der Waals surface area contributed by atoms with Gasteiger partial charge in [-0.15, -0.1) is 0 Å². The van der Waals surface area contributed by atoms with Crippen LogP contribution in [0.1, 0.15) is 31.2 Å². The number of amides is 1. The molecule has 1 fully saturated rings. The molecule has 11 heteroatoms. The largest absolute Gasteiger partial charge is 0.421 e. The first-order valence-electron chi connectivity index (χ1n) is 9.50. The summed E-state index contributed by atoms with van der Waals surface area (Å²) in [5, 5.41) is 7.76. The van der Waals surface area contributed by atoms with Gasteiger partial charge in [-0.25, -0.2) is 13.8 Å². The third kappa shape index (κ3) is 5.89. The zero-order valence-corrected chi connectivity index (χ0v) is 16.3. The molecule has 3 rings (SSSR count). The topological polar surface area (TPSA) is 78.9 Å². The lowest BCUT2D eigenvalue weighted by atomic mass is 9.94. The quantitative estimate of drug-likeness (QED) is 0.425. The average Bonchev–Trinajstić information content (AvgIpc) is 2.71. The van der Waals surface area contributed by atoms with Crippen LogP contribution in [-0.2, 0) is 11.0 Å². The van der Waals surface area contributed by atoms with E-state index in [1.165, 1.54) is 6.07 Å². The lowest BCUT2D eigenvalue weighted by molar-refractivity contribution is -0.137. The highest BCUT2D eigenvalue weighted by Gasteiger charge is 2.36. The van der Waals surface area contributed by atoms with Crippen LogP contribution in [0.4, 0.5) is 45.1 Å². The van der Waals surface area contributed by atoms with Crippen molar-refractivity contribution >= 4 is 29.0 Å². The summed E-state index contributed by atoms with van der Waals surface area (Å²) in [6, 6.07) is 2.98. The van der Waals surface area contributed by atoms with Crippen LogP contribution in [0.25, 0.3) is 0 Å². The van der Waals surface area contributed by atoms with E-state index in [0.29, 0.717) is 31.9 Å². The second-order valence-electron chi connectivity index (χ2n) is 7.06. The van der Waals surface area contributed by atoms with Crippen LogP contribution in [0, 0.1) is 5.82 Å². The van der Waals surface area contributed by atoms with Gasteiger partial charge in [0, 0.05) is 12.2 Å². The molecule has 0 bridgehead atoms. The zero-order chi connectivity index (χ0) is 22.6. The van der Waals surface area contributed by atoms with E-state index < -0.39 is 35.5 Å². The molecule has 1 aliphatic rings. The summed E-state index contributed by atoms with van der Waals surface area (Å²) in [4.78, 5) is 19.3. The smallest absolute Gasteiger partial charge is 0.351 e. The number of anilines is 4. The molecular weight excluding hydrogens is 421 g/mol. The molecule has 0 unspecified atom stereocenters. The Morgan fingerprint density at radius 1 is 1.16 bits per heavy atom. The minimum absolute atomic E-state index is 0.00955. The van der Waals surface area contributed by atoms with Gasteiger partial charge in [0.15, 0.2) is 0 Å². The number of carbonyl (C=O) groups is 1. The highest BCUT2D eigenvalue weighted by atomic mass is 19.4. The Morgan fingerprint density at radius 3 is 2.52 bits per heavy atom. The first kappa shape index (κ1) is 22.4. The first-order valence-corrected chi connectivity index (χ1v) is 9.50. The van der Waals surface area contributed by atoms with Gasteiger partial charge in [-0.3, -0.25) is 4.79 Å². The van der Waals surface area contributed by atoms with Crippen molar-refractivity contribution in [2.24, 2.45) is 0 Å². The Hall–Kier alpha value is -3.24. The molecule has 1 aliphatic carbocycles. The van der Waals surface area contributed by atoms with Crippen molar-refractivity contribution in [3.05, 3.63) is 48.4 Å². The molecule has 1 aromatic heterocycles. The second-order valence-corrected chi connectivity index (χ2v) is 7.06. The van der Waals surface area contributed by atoms with E-state index >= 15 is 0 Å². The van der Waals surface area contributed by atoms with Gasteiger partial charge in [0.2, 0.25) is 11.9 Å². The molecule has 1 aromatic carbocycles. The predicted molar refractivity (Wildman–Crippen MR) is 106 cm³/mol. The standard InChI is InChI=1S/C20H20F5N5O/c1-2-17(31)28-16-9-12(22)5-8-15(16)29-18-14(20(23,24)25)10-26-19(30-18)27-13-6-3-11(21)4-7-13/h2,5,8-11,13H,1,3-4,6-7H2,(H,28,31)(H2,26,27,29,30). The molecule has 1 heterocycles. The second kappa shape index (κ2) is 9.27. The third-order valence-electron chi connectivity index (χ3n) is 4.76. The Kier molecular flexibility index (Phi) is 6.71. The molecular formula is C20H20F5N5O. The van der Waals surface area contributed by atoms with Gasteiger partial charge >= 0.3 is 6.18 Å². The lowest BCUT2D eigenvalue weighted by Gasteiger charge is -2.25. The van der Waals surface area contributed by atoms with E-state index in [9.17, 15) is 26.7 Å². The summed E-state index contributed by atoms with van der Waals surface area (Å²) in [6.45, 7) is 3.28. The van der Waals surface area contributed by atoms with Crippen LogP contribution in [0.3, 0.4) is 0 Å². The zero-order valence-electron chi connectivity index (χ0n) is 16.3. The van der Waals surface area contributed by atoms with E-state index in [2.05, 4.69) is 32.5 Å². The van der Waals surface area contributed by atoms with Gasteiger partial charge in [0.1, 0.15) is 23.4 Å². The van der Waals surface area contributed by atoms with Crippen LogP contribution in [0.15, 0.2) is 37.1 Å². The van der Waals surface area contributed by atoms with Gasteiger partial charge in [0.25, 0.3) is 0 Å². The summed E-state index contributed by atoms with van der Waals surface area (Å²) >= 11 is 0. The molecule has 0 atom stereocenters. The van der Waals surface area contributed by atoms with Crippen LogP contribution < -0.4 is 16.0 Å². The molecule has 1 amide bonds. The number of carbonyl (C=O) groups excluding carboxylic acids is 1. The number of benzene rings is 1. The van der Waals surface area contributed by atoms with Gasteiger partial charge in [-0.2, -0.15) is 18.2 Å². The van der Waals surface area contributed by atoms with Crippen molar-refractivity contribution in [2.45, 2.75) is 44.1 Å². The maximum atomic E-state index is 13.6. The van der Waals surface area contributed by atoms with Crippen molar-refractivity contribution in [1.82, 2.24) is 9.97 Å². The molecule has 0 aliphatic heterocycles. The first-order chi connectivity index (χ1) is 14.7. The molecule has 2 aromatic rings. The van der Waals surface area contributed by atoms with Crippen molar-refractivity contribution in [3.8, 4) is 0 Å². The predicted octanol–water partition coefficient (Wildman–Crippen LogP) is 5.20. The normalized spacial score (nSPS) is 18.9. The molecule has 1 saturated carbocycles. The number of halogens is 5. The lowest BCUT2D eigenvalue weighted by Crippen LogP contribution is -2.27. The average molecular weight is 441 g/mol. The Bertz CT molecular complexity index is 957. The van der Waals surface area contributed by atoms with Crippen LogP contribution in [0.2, 0.25) is 0 Å². The van der Waals surface area contributed by atoms with Crippen LogP contribution >= 0.6 is 0 Å². The number of alkyl halides is 4. The fraction of sp³-hybridized carbons (Fsp3) is 0.350. The molecule has 31 heavy (non-hydrogen) atoms. The SMILES string of the molecule is C=CC(=O)Nc1cc(F)ccc1Nc1nc(NC2CCC(F)CC2)ncc1C(F)(F)F. The minimum Gasteiger partial charge on any atom is -0.351 e. The molecule has 166 valence electrons. The van der Waals surface area contributed by atoms with E-state index in [4.69, 9.17) is 0 Å². The number of aromatic nitrogens is 2. The Labute approximate surface area is 175 Å². The Morgan fingerprint density at radius 2 is 1.87 bits per heavy atom. The van der Waals surface area contributed by atoms with Crippen molar-refractivity contribution in [2.75, 3.05) is 16.0 Å². The van der Waals surface area contributed by atoms with Crippen molar-refractivity contribution in [3.63, 3.8) is 0 Å². The summed E-state index contributed by atoms with van der Waals surface area (Å²) in [5.74, 6) is -2.01. The van der Waals surface area contributed by atoms with Gasteiger partial charge < -0.3 is 16.0 Å². The minimum atomic E-state index is -4.77. The van der Waals surface area contributed by atoms with E-state index in [1.54, 1.807) is 0 Å². The highest BCUT2D eigenvalue weighted by molar-refractivity contribution is 6.01. The van der Waals surface area contributed by atoms with Crippen LogP contribution in [-0.4, -0.2) is 28.1 Å². The fourth-order valence-corrected chi connectivity index (χ4v) is 3.17. The summed E-state index contributed by atoms with van der Waals surface area (Å²) in [5.41, 5.74) is -1.24. The summed E-state index contributed by atoms with van der Waals surface area (Å²) in [7, 11) is 0. The number of nitrogens with one attached hydrogen (secondary N) is 3. The Balaban J connectivity index is 1.91. The monoisotopic (exact) mass is 441 g/mol. The number of hydrogen-bond donors (Lipinski definition) is 3. The van der Waals surface area contributed by atoms with Gasteiger partial charge in [-0.1, -0.05) is 6.58 Å². The van der Waals surface area contributed by atoms with E-state index in [-0.39, 0.29) is 23.4 Å². The summed E-state index contributed by atoms with van der Waals surface area (Å²) < 4.78 is 67.4. The van der Waals surface area contributed by atoms with E-state index in [1.807, 2.05) is 0 Å². The molecule has 3 N–H and O–H groups in total. The molecule has 0 spiro atoms. The number of nitrogens with zero attached hydrogens (tertiary/aromatic N) is 2. The maximum absolute atomic E-state index is 13.6.